The van der Waals surface area contributed by atoms with E-state index in [-0.39, 0.29) is 37.2 Å². The summed E-state index contributed by atoms with van der Waals surface area (Å²) in [5.74, 6) is -0.523. The summed E-state index contributed by atoms with van der Waals surface area (Å²) in [5.41, 5.74) is 0.176. The van der Waals surface area contributed by atoms with Crippen LogP contribution in [-0.2, 0) is 13.6 Å². The van der Waals surface area contributed by atoms with Crippen LogP contribution in [0.3, 0.4) is 0 Å². The first-order valence-corrected chi connectivity index (χ1v) is 8.19. The van der Waals surface area contributed by atoms with E-state index < -0.39 is 13.5 Å². The molecule has 1 rings (SSSR count). The predicted molar refractivity (Wildman–Crippen MR) is 76.2 cm³/mol. The van der Waals surface area contributed by atoms with Gasteiger partial charge >= 0.3 is 7.60 Å². The third-order valence-electron chi connectivity index (χ3n) is 2.47. The summed E-state index contributed by atoms with van der Waals surface area (Å²) in [7, 11) is -3.16. The Hall–Kier alpha value is -1.36. The maximum atomic E-state index is 12.2. The van der Waals surface area contributed by atoms with E-state index in [0.29, 0.717) is 0 Å². The fraction of sp³-hybridized carbons (Fsp3) is 0.462. The van der Waals surface area contributed by atoms with Crippen molar-refractivity contribution < 1.29 is 23.5 Å². The Morgan fingerprint density at radius 1 is 1.25 bits per heavy atom. The summed E-state index contributed by atoms with van der Waals surface area (Å²) in [5, 5.41) is 12.1. The Morgan fingerprint density at radius 3 is 2.40 bits per heavy atom. The first-order valence-electron chi connectivity index (χ1n) is 6.46. The highest BCUT2D eigenvalue weighted by Gasteiger charge is 2.23. The summed E-state index contributed by atoms with van der Waals surface area (Å²) in [6.45, 7) is 4.17. The fourth-order valence-corrected chi connectivity index (χ4v) is 3.13. The van der Waals surface area contributed by atoms with Gasteiger partial charge in [-0.05, 0) is 26.0 Å². The number of para-hydroxylation sites is 1. The van der Waals surface area contributed by atoms with Crippen LogP contribution >= 0.6 is 7.60 Å². The van der Waals surface area contributed by atoms with Crippen LogP contribution < -0.4 is 5.32 Å². The van der Waals surface area contributed by atoms with Crippen LogP contribution in [0.2, 0.25) is 0 Å². The smallest absolute Gasteiger partial charge is 0.332 e. The molecule has 112 valence electrons. The van der Waals surface area contributed by atoms with E-state index in [0.717, 1.165) is 0 Å². The number of phenols is 1. The van der Waals surface area contributed by atoms with Crippen molar-refractivity contribution in [2.24, 2.45) is 0 Å². The van der Waals surface area contributed by atoms with E-state index in [2.05, 4.69) is 5.32 Å². The van der Waals surface area contributed by atoms with Crippen LogP contribution in [-0.4, -0.2) is 36.9 Å². The van der Waals surface area contributed by atoms with Gasteiger partial charge in [-0.1, -0.05) is 12.1 Å². The second-order valence-electron chi connectivity index (χ2n) is 3.94. The van der Waals surface area contributed by atoms with Crippen molar-refractivity contribution in [3.8, 4) is 5.75 Å². The number of hydrogen-bond donors (Lipinski definition) is 2. The van der Waals surface area contributed by atoms with Gasteiger partial charge in [-0.15, -0.1) is 0 Å². The van der Waals surface area contributed by atoms with Gasteiger partial charge in [0.25, 0.3) is 5.91 Å². The molecule has 1 amide bonds. The molecule has 0 aliphatic heterocycles. The molecule has 0 radical (unpaired) electrons. The second kappa shape index (κ2) is 8.04. The number of carbonyl (C=O) groups excluding carboxylic acids is 1. The zero-order chi connectivity index (χ0) is 15.0. The molecule has 1 aromatic carbocycles. The number of nitrogens with one attached hydrogen (secondary N) is 1. The summed E-state index contributed by atoms with van der Waals surface area (Å²) >= 11 is 0. The van der Waals surface area contributed by atoms with E-state index >= 15 is 0 Å². The van der Waals surface area contributed by atoms with E-state index in [1.165, 1.54) is 12.1 Å². The van der Waals surface area contributed by atoms with Crippen LogP contribution in [0.15, 0.2) is 24.3 Å². The second-order valence-corrected chi connectivity index (χ2v) is 6.13. The van der Waals surface area contributed by atoms with E-state index in [1.807, 2.05) is 0 Å². The van der Waals surface area contributed by atoms with Gasteiger partial charge in [0.15, 0.2) is 0 Å². The molecule has 0 fully saturated rings. The van der Waals surface area contributed by atoms with Gasteiger partial charge in [-0.3, -0.25) is 9.36 Å². The average Bonchev–Trinajstić information content (AvgIpc) is 2.39. The number of amides is 1. The molecule has 6 nitrogen and oxygen atoms in total. The minimum atomic E-state index is -3.16. The zero-order valence-electron chi connectivity index (χ0n) is 11.7. The van der Waals surface area contributed by atoms with Gasteiger partial charge in [0.05, 0.1) is 24.9 Å². The molecule has 0 atom stereocenters. The molecular weight excluding hydrogens is 281 g/mol. The van der Waals surface area contributed by atoms with E-state index in [9.17, 15) is 14.5 Å². The van der Waals surface area contributed by atoms with Gasteiger partial charge < -0.3 is 19.5 Å². The number of aromatic hydroxyl groups is 1. The van der Waals surface area contributed by atoms with Gasteiger partial charge in [0.2, 0.25) is 0 Å². The fourth-order valence-electron chi connectivity index (χ4n) is 1.63. The maximum Gasteiger partial charge on any atom is 0.332 e. The molecule has 0 bridgehead atoms. The molecule has 0 saturated carbocycles. The highest BCUT2D eigenvalue weighted by atomic mass is 31.2. The van der Waals surface area contributed by atoms with E-state index in [1.54, 1.807) is 26.0 Å². The largest absolute Gasteiger partial charge is 0.507 e. The van der Waals surface area contributed by atoms with Crippen LogP contribution in [0.4, 0.5) is 0 Å². The molecule has 0 spiro atoms. The molecule has 0 saturated heterocycles. The molecule has 0 unspecified atom stereocenters. The van der Waals surface area contributed by atoms with Crippen LogP contribution in [0.1, 0.15) is 24.2 Å². The van der Waals surface area contributed by atoms with Gasteiger partial charge in [-0.2, -0.15) is 0 Å². The minimum Gasteiger partial charge on any atom is -0.507 e. The topological polar surface area (TPSA) is 84.9 Å². The Balaban J connectivity index is 2.53. The quantitative estimate of drug-likeness (QED) is 0.720. The molecule has 20 heavy (non-hydrogen) atoms. The van der Waals surface area contributed by atoms with Crippen LogP contribution in [0, 0.1) is 0 Å². The van der Waals surface area contributed by atoms with E-state index in [4.69, 9.17) is 9.05 Å². The monoisotopic (exact) mass is 301 g/mol. The first kappa shape index (κ1) is 16.7. The van der Waals surface area contributed by atoms with Crippen molar-refractivity contribution in [1.82, 2.24) is 5.32 Å². The molecule has 0 aliphatic carbocycles. The third kappa shape index (κ3) is 4.96. The third-order valence-corrected chi connectivity index (χ3v) is 4.55. The average molecular weight is 301 g/mol. The summed E-state index contributed by atoms with van der Waals surface area (Å²) < 4.78 is 22.4. The molecule has 2 N–H and O–H groups in total. The van der Waals surface area contributed by atoms with Crippen LogP contribution in [0.5, 0.6) is 5.75 Å². The zero-order valence-corrected chi connectivity index (χ0v) is 12.6. The van der Waals surface area contributed by atoms with Gasteiger partial charge in [0.1, 0.15) is 5.75 Å². The number of rotatable bonds is 8. The van der Waals surface area contributed by atoms with Crippen molar-refractivity contribution >= 4 is 13.5 Å². The maximum absolute atomic E-state index is 12.2. The summed E-state index contributed by atoms with van der Waals surface area (Å²) in [6.07, 6.45) is 0.0913. The highest BCUT2D eigenvalue weighted by Crippen LogP contribution is 2.47. The van der Waals surface area contributed by atoms with Crippen molar-refractivity contribution in [3.63, 3.8) is 0 Å². The molecular formula is C13H20NO5P. The van der Waals surface area contributed by atoms with Crippen LogP contribution in [0.25, 0.3) is 0 Å². The Bertz CT molecular complexity index is 481. The summed E-state index contributed by atoms with van der Waals surface area (Å²) in [4.78, 5) is 11.8. The SMILES string of the molecule is CCOP(=O)(CCNC(=O)c1ccccc1O)OCC. The molecule has 0 heterocycles. The van der Waals surface area contributed by atoms with Gasteiger partial charge in [0, 0.05) is 6.54 Å². The number of benzene rings is 1. The molecule has 0 aromatic heterocycles. The van der Waals surface area contributed by atoms with Gasteiger partial charge in [-0.25, -0.2) is 0 Å². The Labute approximate surface area is 118 Å². The molecule has 0 aliphatic rings. The number of phenolic OH excluding ortho intramolecular Hbond substituents is 1. The van der Waals surface area contributed by atoms with Crippen molar-refractivity contribution in [3.05, 3.63) is 29.8 Å². The van der Waals surface area contributed by atoms with Crippen molar-refractivity contribution in [2.45, 2.75) is 13.8 Å². The Kier molecular flexibility index (Phi) is 6.71. The van der Waals surface area contributed by atoms with Crippen molar-refractivity contribution in [2.75, 3.05) is 25.9 Å². The van der Waals surface area contributed by atoms with Crippen molar-refractivity contribution in [1.29, 1.82) is 0 Å². The minimum absolute atomic E-state index is 0.0913. The molecule has 7 heteroatoms. The lowest BCUT2D eigenvalue weighted by molar-refractivity contribution is 0.0953. The standard InChI is InChI=1S/C13H20NO5P/c1-3-18-20(17,19-4-2)10-9-14-13(16)11-7-5-6-8-12(11)15/h5-8,15H,3-4,9-10H2,1-2H3,(H,14,16). The molecule has 1 aromatic rings. The lowest BCUT2D eigenvalue weighted by Crippen LogP contribution is -2.27. The number of carbonyl (C=O) groups is 1. The predicted octanol–water partition coefficient (Wildman–Crippen LogP) is 2.39. The normalized spacial score (nSPS) is 11.3. The lowest BCUT2D eigenvalue weighted by atomic mass is 10.2. The number of hydrogen-bond acceptors (Lipinski definition) is 5. The lowest BCUT2D eigenvalue weighted by Gasteiger charge is -2.17. The first-order chi connectivity index (χ1) is 9.52. The Morgan fingerprint density at radius 2 is 1.85 bits per heavy atom. The summed E-state index contributed by atoms with van der Waals surface area (Å²) in [6, 6.07) is 6.22. The highest BCUT2D eigenvalue weighted by molar-refractivity contribution is 7.53.